The molecule has 1 aromatic heterocycles. The number of benzene rings is 2. The number of fused-ring (bicyclic) bond motifs is 1. The predicted octanol–water partition coefficient (Wildman–Crippen LogP) is 4.19. The molecule has 0 radical (unpaired) electrons. The summed E-state index contributed by atoms with van der Waals surface area (Å²) in [4.78, 5) is 13.0. The van der Waals surface area contributed by atoms with Crippen LogP contribution < -0.4 is 5.32 Å². The van der Waals surface area contributed by atoms with Gasteiger partial charge in [0.1, 0.15) is 5.60 Å². The van der Waals surface area contributed by atoms with E-state index in [9.17, 15) is 9.90 Å². The lowest BCUT2D eigenvalue weighted by atomic mass is 10.0. The van der Waals surface area contributed by atoms with Crippen LogP contribution in [0.4, 0.5) is 0 Å². The number of amides is 1. The van der Waals surface area contributed by atoms with Crippen LogP contribution in [0, 0.1) is 0 Å². The molecular formula is C18H16ClNO2S. The van der Waals surface area contributed by atoms with Crippen molar-refractivity contribution in [2.24, 2.45) is 0 Å². The molecule has 0 fully saturated rings. The average Bonchev–Trinajstić information content (AvgIpc) is 2.98. The van der Waals surface area contributed by atoms with Gasteiger partial charge in [0.05, 0.1) is 6.54 Å². The molecule has 1 atom stereocenters. The summed E-state index contributed by atoms with van der Waals surface area (Å²) in [6.07, 6.45) is 0. The SMILES string of the molecule is CC(O)(CNC(=O)c1ccc(Cl)cc1)c1cc2ccccc2s1. The first-order valence-corrected chi connectivity index (χ1v) is 8.40. The summed E-state index contributed by atoms with van der Waals surface area (Å²) >= 11 is 7.35. The van der Waals surface area contributed by atoms with Gasteiger partial charge in [-0.15, -0.1) is 11.3 Å². The van der Waals surface area contributed by atoms with Gasteiger partial charge in [-0.3, -0.25) is 4.79 Å². The molecule has 2 N–H and O–H groups in total. The van der Waals surface area contributed by atoms with E-state index in [4.69, 9.17) is 11.6 Å². The maximum Gasteiger partial charge on any atom is 0.251 e. The van der Waals surface area contributed by atoms with Crippen molar-refractivity contribution < 1.29 is 9.90 Å². The van der Waals surface area contributed by atoms with Crippen LogP contribution in [-0.4, -0.2) is 17.6 Å². The van der Waals surface area contributed by atoms with Crippen molar-refractivity contribution >= 4 is 38.9 Å². The summed E-state index contributed by atoms with van der Waals surface area (Å²) < 4.78 is 1.12. The van der Waals surface area contributed by atoms with E-state index in [1.54, 1.807) is 31.2 Å². The second-order valence-corrected chi connectivity index (χ2v) is 7.13. The number of rotatable bonds is 4. The van der Waals surface area contributed by atoms with Gasteiger partial charge in [0.2, 0.25) is 0 Å². The number of hydrogen-bond acceptors (Lipinski definition) is 3. The Kier molecular flexibility index (Phi) is 4.39. The van der Waals surface area contributed by atoms with Crippen molar-refractivity contribution in [3.05, 3.63) is 70.1 Å². The van der Waals surface area contributed by atoms with Gasteiger partial charge in [0.15, 0.2) is 0 Å². The lowest BCUT2D eigenvalue weighted by molar-refractivity contribution is 0.0557. The van der Waals surface area contributed by atoms with Gasteiger partial charge in [-0.2, -0.15) is 0 Å². The van der Waals surface area contributed by atoms with E-state index >= 15 is 0 Å². The molecule has 118 valence electrons. The van der Waals surface area contributed by atoms with Crippen molar-refractivity contribution in [2.45, 2.75) is 12.5 Å². The van der Waals surface area contributed by atoms with Crippen molar-refractivity contribution in [2.75, 3.05) is 6.54 Å². The van der Waals surface area contributed by atoms with Crippen molar-refractivity contribution in [3.8, 4) is 0 Å². The van der Waals surface area contributed by atoms with E-state index in [1.807, 2.05) is 30.3 Å². The van der Waals surface area contributed by atoms with Crippen LogP contribution in [0.1, 0.15) is 22.2 Å². The second-order valence-electron chi connectivity index (χ2n) is 5.61. The van der Waals surface area contributed by atoms with Gasteiger partial charge < -0.3 is 10.4 Å². The lowest BCUT2D eigenvalue weighted by Gasteiger charge is -2.22. The maximum absolute atomic E-state index is 12.1. The number of halogens is 1. The fourth-order valence-electron chi connectivity index (χ4n) is 2.29. The Morgan fingerprint density at radius 2 is 1.91 bits per heavy atom. The van der Waals surface area contributed by atoms with E-state index in [0.29, 0.717) is 10.6 Å². The minimum atomic E-state index is -1.12. The number of carbonyl (C=O) groups is 1. The van der Waals surface area contributed by atoms with Crippen LogP contribution in [0.5, 0.6) is 0 Å². The number of nitrogens with one attached hydrogen (secondary N) is 1. The number of carbonyl (C=O) groups excluding carboxylic acids is 1. The standard InChI is InChI=1S/C18H16ClNO2S/c1-18(22,16-10-13-4-2-3-5-15(13)23-16)11-20-17(21)12-6-8-14(19)9-7-12/h2-10,22H,11H2,1H3,(H,20,21). The molecule has 3 aromatic rings. The molecule has 3 nitrogen and oxygen atoms in total. The van der Waals surface area contributed by atoms with Gasteiger partial charge >= 0.3 is 0 Å². The highest BCUT2D eigenvalue weighted by atomic mass is 35.5. The van der Waals surface area contributed by atoms with Gasteiger partial charge in [0.25, 0.3) is 5.91 Å². The maximum atomic E-state index is 12.1. The summed E-state index contributed by atoms with van der Waals surface area (Å²) in [6.45, 7) is 1.85. The average molecular weight is 346 g/mol. The van der Waals surface area contributed by atoms with E-state index in [2.05, 4.69) is 5.32 Å². The smallest absolute Gasteiger partial charge is 0.251 e. The summed E-state index contributed by atoms with van der Waals surface area (Å²) in [5, 5.41) is 15.2. The zero-order valence-corrected chi connectivity index (χ0v) is 14.1. The molecule has 1 amide bonds. The van der Waals surface area contributed by atoms with E-state index in [0.717, 1.165) is 15.0 Å². The van der Waals surface area contributed by atoms with Crippen LogP contribution in [0.25, 0.3) is 10.1 Å². The third-order valence-electron chi connectivity index (χ3n) is 3.66. The summed E-state index contributed by atoms with van der Waals surface area (Å²) in [7, 11) is 0. The third-order valence-corrected chi connectivity index (χ3v) is 5.28. The lowest BCUT2D eigenvalue weighted by Crippen LogP contribution is -2.38. The molecule has 1 heterocycles. The van der Waals surface area contributed by atoms with Gasteiger partial charge in [0, 0.05) is 20.2 Å². The molecular weight excluding hydrogens is 330 g/mol. The Morgan fingerprint density at radius 1 is 1.22 bits per heavy atom. The van der Waals surface area contributed by atoms with Crippen molar-refractivity contribution in [1.82, 2.24) is 5.32 Å². The molecule has 0 spiro atoms. The predicted molar refractivity (Wildman–Crippen MR) is 95.2 cm³/mol. The molecule has 23 heavy (non-hydrogen) atoms. The molecule has 0 saturated carbocycles. The van der Waals surface area contributed by atoms with E-state index in [-0.39, 0.29) is 12.5 Å². The van der Waals surface area contributed by atoms with Crippen LogP contribution >= 0.6 is 22.9 Å². The third kappa shape index (κ3) is 3.55. The first-order valence-electron chi connectivity index (χ1n) is 7.21. The van der Waals surface area contributed by atoms with Crippen LogP contribution in [0.15, 0.2) is 54.6 Å². The Hall–Kier alpha value is -1.88. The number of hydrogen-bond donors (Lipinski definition) is 2. The van der Waals surface area contributed by atoms with Crippen LogP contribution in [0.3, 0.4) is 0 Å². The quantitative estimate of drug-likeness (QED) is 0.744. The van der Waals surface area contributed by atoms with Gasteiger partial charge in [-0.25, -0.2) is 0 Å². The Labute approximate surface area is 143 Å². The highest BCUT2D eigenvalue weighted by Crippen LogP contribution is 2.32. The van der Waals surface area contributed by atoms with E-state index < -0.39 is 5.60 Å². The largest absolute Gasteiger partial charge is 0.383 e. The van der Waals surface area contributed by atoms with Crippen molar-refractivity contribution in [3.63, 3.8) is 0 Å². The molecule has 0 aliphatic carbocycles. The van der Waals surface area contributed by atoms with Gasteiger partial charge in [-0.1, -0.05) is 29.8 Å². The fourth-order valence-corrected chi connectivity index (χ4v) is 3.52. The molecule has 3 rings (SSSR count). The number of aliphatic hydroxyl groups is 1. The zero-order chi connectivity index (χ0) is 16.4. The number of thiophene rings is 1. The molecule has 0 aliphatic heterocycles. The van der Waals surface area contributed by atoms with Crippen LogP contribution in [-0.2, 0) is 5.60 Å². The van der Waals surface area contributed by atoms with Crippen LogP contribution in [0.2, 0.25) is 5.02 Å². The van der Waals surface area contributed by atoms with Crippen molar-refractivity contribution in [1.29, 1.82) is 0 Å². The normalized spacial score (nSPS) is 13.7. The summed E-state index contributed by atoms with van der Waals surface area (Å²) in [6, 6.07) is 16.6. The Bertz CT molecular complexity index is 807. The van der Waals surface area contributed by atoms with E-state index in [1.165, 1.54) is 11.3 Å². The Morgan fingerprint density at radius 3 is 2.61 bits per heavy atom. The highest BCUT2D eigenvalue weighted by Gasteiger charge is 2.26. The topological polar surface area (TPSA) is 49.3 Å². The molecule has 0 aliphatic rings. The Balaban J connectivity index is 1.73. The molecule has 5 heteroatoms. The molecule has 0 bridgehead atoms. The van der Waals surface area contributed by atoms with Gasteiger partial charge in [-0.05, 0) is 48.7 Å². The molecule has 0 saturated heterocycles. The monoisotopic (exact) mass is 345 g/mol. The minimum absolute atomic E-state index is 0.140. The second kappa shape index (κ2) is 6.32. The highest BCUT2D eigenvalue weighted by molar-refractivity contribution is 7.19. The fraction of sp³-hybridized carbons (Fsp3) is 0.167. The molecule has 1 unspecified atom stereocenters. The molecule has 2 aromatic carbocycles. The minimum Gasteiger partial charge on any atom is -0.383 e. The first-order chi connectivity index (χ1) is 11.0. The summed E-state index contributed by atoms with van der Waals surface area (Å²) in [5.74, 6) is -0.233. The zero-order valence-electron chi connectivity index (χ0n) is 12.5. The summed E-state index contributed by atoms with van der Waals surface area (Å²) in [5.41, 5.74) is -0.604. The first kappa shape index (κ1) is 16.0.